The SMILES string of the molecule is CC(C)Cn1cc(C#N)cn1. The van der Waals surface area contributed by atoms with Gasteiger partial charge in [0.1, 0.15) is 6.07 Å². The second-order valence-corrected chi connectivity index (χ2v) is 2.96. The zero-order valence-electron chi connectivity index (χ0n) is 6.78. The molecule has 0 bridgehead atoms. The lowest BCUT2D eigenvalue weighted by Crippen LogP contribution is -2.03. The summed E-state index contributed by atoms with van der Waals surface area (Å²) in [4.78, 5) is 0. The highest BCUT2D eigenvalue weighted by Crippen LogP contribution is 1.99. The van der Waals surface area contributed by atoms with Gasteiger partial charge in [0.25, 0.3) is 0 Å². The van der Waals surface area contributed by atoms with Crippen molar-refractivity contribution in [3.63, 3.8) is 0 Å². The predicted octanol–water partition coefficient (Wildman–Crippen LogP) is 1.41. The molecule has 11 heavy (non-hydrogen) atoms. The number of hydrogen-bond donors (Lipinski definition) is 0. The van der Waals surface area contributed by atoms with Crippen LogP contribution in [-0.4, -0.2) is 9.78 Å². The Labute approximate surface area is 66.3 Å². The molecule has 58 valence electrons. The van der Waals surface area contributed by atoms with Crippen LogP contribution in [0, 0.1) is 17.2 Å². The number of nitriles is 1. The molecule has 3 nitrogen and oxygen atoms in total. The minimum Gasteiger partial charge on any atom is -0.271 e. The topological polar surface area (TPSA) is 41.6 Å². The third-order valence-corrected chi connectivity index (χ3v) is 1.31. The van der Waals surface area contributed by atoms with Gasteiger partial charge < -0.3 is 0 Å². The predicted molar refractivity (Wildman–Crippen MR) is 41.8 cm³/mol. The van der Waals surface area contributed by atoms with E-state index in [1.807, 2.05) is 6.07 Å². The maximum absolute atomic E-state index is 8.48. The van der Waals surface area contributed by atoms with Gasteiger partial charge in [0, 0.05) is 12.7 Å². The highest BCUT2D eigenvalue weighted by Gasteiger charge is 1.98. The van der Waals surface area contributed by atoms with Gasteiger partial charge in [-0.25, -0.2) is 0 Å². The Morgan fingerprint density at radius 2 is 2.45 bits per heavy atom. The molecule has 0 saturated heterocycles. The van der Waals surface area contributed by atoms with Crippen molar-refractivity contribution in [1.82, 2.24) is 9.78 Å². The van der Waals surface area contributed by atoms with Crippen LogP contribution in [0.4, 0.5) is 0 Å². The number of hydrogen-bond acceptors (Lipinski definition) is 2. The molecular weight excluding hydrogens is 138 g/mol. The van der Waals surface area contributed by atoms with Crippen LogP contribution in [0.5, 0.6) is 0 Å². The largest absolute Gasteiger partial charge is 0.271 e. The molecule has 0 atom stereocenters. The second kappa shape index (κ2) is 3.20. The average molecular weight is 149 g/mol. The first-order valence-electron chi connectivity index (χ1n) is 3.65. The molecule has 0 spiro atoms. The highest BCUT2D eigenvalue weighted by molar-refractivity contribution is 5.21. The van der Waals surface area contributed by atoms with Gasteiger partial charge in [-0.2, -0.15) is 10.4 Å². The zero-order chi connectivity index (χ0) is 8.27. The molecule has 3 heteroatoms. The Bertz CT molecular complexity index is 267. The molecule has 1 heterocycles. The zero-order valence-corrected chi connectivity index (χ0v) is 6.78. The fraction of sp³-hybridized carbons (Fsp3) is 0.500. The van der Waals surface area contributed by atoms with E-state index in [4.69, 9.17) is 5.26 Å². The summed E-state index contributed by atoms with van der Waals surface area (Å²) in [5.74, 6) is 0.571. The third kappa shape index (κ3) is 2.08. The van der Waals surface area contributed by atoms with Gasteiger partial charge in [0.2, 0.25) is 0 Å². The Morgan fingerprint density at radius 1 is 1.73 bits per heavy atom. The van der Waals surface area contributed by atoms with Gasteiger partial charge in [-0.3, -0.25) is 4.68 Å². The second-order valence-electron chi connectivity index (χ2n) is 2.96. The number of rotatable bonds is 2. The average Bonchev–Trinajstić information content (AvgIpc) is 2.34. The molecule has 0 radical (unpaired) electrons. The molecule has 1 aromatic heterocycles. The van der Waals surface area contributed by atoms with Crippen LogP contribution >= 0.6 is 0 Å². The minimum absolute atomic E-state index is 0.571. The van der Waals surface area contributed by atoms with Crippen molar-refractivity contribution >= 4 is 0 Å². The van der Waals surface area contributed by atoms with Crippen LogP contribution in [0.25, 0.3) is 0 Å². The summed E-state index contributed by atoms with van der Waals surface area (Å²) in [5, 5.41) is 12.5. The molecule has 0 aliphatic rings. The molecule has 0 aliphatic heterocycles. The van der Waals surface area contributed by atoms with Gasteiger partial charge >= 0.3 is 0 Å². The summed E-state index contributed by atoms with van der Waals surface area (Å²) < 4.78 is 1.79. The fourth-order valence-electron chi connectivity index (χ4n) is 0.895. The van der Waals surface area contributed by atoms with E-state index in [9.17, 15) is 0 Å². The summed E-state index contributed by atoms with van der Waals surface area (Å²) in [7, 11) is 0. The van der Waals surface area contributed by atoms with Crippen molar-refractivity contribution < 1.29 is 0 Å². The van der Waals surface area contributed by atoms with Gasteiger partial charge in [0.15, 0.2) is 0 Å². The molecule has 0 aromatic carbocycles. The molecular formula is C8H11N3. The highest BCUT2D eigenvalue weighted by atomic mass is 15.3. The van der Waals surface area contributed by atoms with Gasteiger partial charge in [0.05, 0.1) is 11.8 Å². The van der Waals surface area contributed by atoms with Crippen LogP contribution in [0.15, 0.2) is 12.4 Å². The Kier molecular flexibility index (Phi) is 2.27. The quantitative estimate of drug-likeness (QED) is 0.638. The summed E-state index contributed by atoms with van der Waals surface area (Å²) in [6, 6.07) is 2.04. The van der Waals surface area contributed by atoms with Gasteiger partial charge in [-0.1, -0.05) is 13.8 Å². The lowest BCUT2D eigenvalue weighted by atomic mass is 10.2. The first-order chi connectivity index (χ1) is 5.22. The molecule has 0 unspecified atom stereocenters. The maximum Gasteiger partial charge on any atom is 0.102 e. The standard InChI is InChI=1S/C8H11N3/c1-7(2)5-11-6-8(3-9)4-10-11/h4,6-7H,5H2,1-2H3. The van der Waals surface area contributed by atoms with Crippen molar-refractivity contribution in [3.8, 4) is 6.07 Å². The van der Waals surface area contributed by atoms with Crippen molar-refractivity contribution in [3.05, 3.63) is 18.0 Å². The van der Waals surface area contributed by atoms with E-state index in [0.29, 0.717) is 11.5 Å². The third-order valence-electron chi connectivity index (χ3n) is 1.31. The molecule has 1 aromatic rings. The Morgan fingerprint density at radius 3 is 2.91 bits per heavy atom. The molecule has 0 aliphatic carbocycles. The molecule has 0 fully saturated rings. The van der Waals surface area contributed by atoms with Crippen LogP contribution in [0.3, 0.4) is 0 Å². The molecule has 0 N–H and O–H groups in total. The van der Waals surface area contributed by atoms with E-state index in [1.54, 1.807) is 17.1 Å². The van der Waals surface area contributed by atoms with Crippen LogP contribution in [0.1, 0.15) is 19.4 Å². The monoisotopic (exact) mass is 149 g/mol. The maximum atomic E-state index is 8.48. The van der Waals surface area contributed by atoms with E-state index >= 15 is 0 Å². The number of aromatic nitrogens is 2. The van der Waals surface area contributed by atoms with E-state index in [1.165, 1.54) is 0 Å². The van der Waals surface area contributed by atoms with E-state index in [0.717, 1.165) is 6.54 Å². The van der Waals surface area contributed by atoms with Crippen LogP contribution < -0.4 is 0 Å². The Balaban J connectivity index is 2.67. The van der Waals surface area contributed by atoms with Crippen molar-refractivity contribution in [2.45, 2.75) is 20.4 Å². The normalized spacial score (nSPS) is 10.0. The van der Waals surface area contributed by atoms with Crippen LogP contribution in [-0.2, 0) is 6.54 Å². The summed E-state index contributed by atoms with van der Waals surface area (Å²) in [6.07, 6.45) is 3.35. The summed E-state index contributed by atoms with van der Waals surface area (Å²) in [6.45, 7) is 5.11. The van der Waals surface area contributed by atoms with E-state index in [2.05, 4.69) is 18.9 Å². The first-order valence-corrected chi connectivity index (χ1v) is 3.65. The van der Waals surface area contributed by atoms with Crippen molar-refractivity contribution in [2.24, 2.45) is 5.92 Å². The molecule has 0 amide bonds. The molecule has 0 saturated carbocycles. The lowest BCUT2D eigenvalue weighted by Gasteiger charge is -2.02. The summed E-state index contributed by atoms with van der Waals surface area (Å²) in [5.41, 5.74) is 0.630. The Hall–Kier alpha value is -1.30. The number of nitrogens with zero attached hydrogens (tertiary/aromatic N) is 3. The smallest absolute Gasteiger partial charge is 0.102 e. The van der Waals surface area contributed by atoms with Gasteiger partial charge in [-0.15, -0.1) is 0 Å². The van der Waals surface area contributed by atoms with Crippen LogP contribution in [0.2, 0.25) is 0 Å². The van der Waals surface area contributed by atoms with E-state index in [-0.39, 0.29) is 0 Å². The summed E-state index contributed by atoms with van der Waals surface area (Å²) >= 11 is 0. The van der Waals surface area contributed by atoms with E-state index < -0.39 is 0 Å². The lowest BCUT2D eigenvalue weighted by molar-refractivity contribution is 0.483. The molecule has 1 rings (SSSR count). The van der Waals surface area contributed by atoms with Crippen molar-refractivity contribution in [1.29, 1.82) is 5.26 Å². The minimum atomic E-state index is 0.571. The first kappa shape index (κ1) is 7.80. The van der Waals surface area contributed by atoms with Gasteiger partial charge in [-0.05, 0) is 5.92 Å². The van der Waals surface area contributed by atoms with Crippen molar-refractivity contribution in [2.75, 3.05) is 0 Å². The fourth-order valence-corrected chi connectivity index (χ4v) is 0.895.